The van der Waals surface area contributed by atoms with Crippen molar-refractivity contribution in [1.29, 1.82) is 5.41 Å². The van der Waals surface area contributed by atoms with Crippen LogP contribution >= 0.6 is 0 Å². The predicted molar refractivity (Wildman–Crippen MR) is 75.8 cm³/mol. The standard InChI is InChI=1S/C15H23N3/c16-15(17)14-8-6-13(7-9-14)12-18-10-4-2-1-3-5-11-18/h6-9H,1-5,10-12H2,(H3,16,17). The van der Waals surface area contributed by atoms with Crippen LogP contribution in [0.2, 0.25) is 0 Å². The first-order valence-electron chi connectivity index (χ1n) is 6.91. The highest BCUT2D eigenvalue weighted by Gasteiger charge is 2.08. The van der Waals surface area contributed by atoms with E-state index in [1.54, 1.807) is 0 Å². The van der Waals surface area contributed by atoms with Crippen LogP contribution in [-0.4, -0.2) is 23.8 Å². The van der Waals surface area contributed by atoms with Crippen molar-refractivity contribution in [3.05, 3.63) is 35.4 Å². The second kappa shape index (κ2) is 6.55. The van der Waals surface area contributed by atoms with Gasteiger partial charge in [0.15, 0.2) is 0 Å². The Morgan fingerprint density at radius 2 is 1.56 bits per heavy atom. The topological polar surface area (TPSA) is 53.1 Å². The van der Waals surface area contributed by atoms with E-state index in [2.05, 4.69) is 17.0 Å². The van der Waals surface area contributed by atoms with E-state index in [-0.39, 0.29) is 5.84 Å². The quantitative estimate of drug-likeness (QED) is 0.635. The molecule has 1 saturated heterocycles. The zero-order valence-electron chi connectivity index (χ0n) is 11.0. The summed E-state index contributed by atoms with van der Waals surface area (Å²) in [5.74, 6) is 0.146. The largest absolute Gasteiger partial charge is 0.384 e. The van der Waals surface area contributed by atoms with Crippen molar-refractivity contribution < 1.29 is 0 Å². The normalized spacial score (nSPS) is 18.0. The molecule has 3 heteroatoms. The lowest BCUT2D eigenvalue weighted by molar-refractivity contribution is 0.240. The van der Waals surface area contributed by atoms with E-state index in [1.807, 2.05) is 12.1 Å². The molecule has 1 aromatic carbocycles. The SMILES string of the molecule is N=C(N)c1ccc(CN2CCCCCCC2)cc1. The summed E-state index contributed by atoms with van der Waals surface area (Å²) in [5.41, 5.74) is 7.59. The van der Waals surface area contributed by atoms with Crippen LogP contribution in [0.1, 0.15) is 43.2 Å². The third kappa shape index (κ3) is 3.84. The summed E-state index contributed by atoms with van der Waals surface area (Å²) in [4.78, 5) is 2.54. The molecule has 0 bridgehead atoms. The summed E-state index contributed by atoms with van der Waals surface area (Å²) in [6.45, 7) is 3.46. The fourth-order valence-corrected chi connectivity index (χ4v) is 2.52. The predicted octanol–water partition coefficient (Wildman–Crippen LogP) is 2.74. The molecular weight excluding hydrogens is 222 g/mol. The molecule has 2 rings (SSSR count). The molecule has 0 radical (unpaired) electrons. The summed E-state index contributed by atoms with van der Waals surface area (Å²) >= 11 is 0. The highest BCUT2D eigenvalue weighted by atomic mass is 15.1. The number of nitrogens with zero attached hydrogens (tertiary/aromatic N) is 1. The lowest BCUT2D eigenvalue weighted by Crippen LogP contribution is -2.26. The summed E-state index contributed by atoms with van der Waals surface area (Å²) < 4.78 is 0. The van der Waals surface area contributed by atoms with Gasteiger partial charge in [0.2, 0.25) is 0 Å². The molecule has 1 aromatic rings. The minimum Gasteiger partial charge on any atom is -0.384 e. The number of hydrogen-bond donors (Lipinski definition) is 2. The van der Waals surface area contributed by atoms with Gasteiger partial charge in [-0.05, 0) is 31.5 Å². The number of hydrogen-bond acceptors (Lipinski definition) is 2. The molecule has 1 aliphatic rings. The molecule has 0 saturated carbocycles. The number of nitrogens with one attached hydrogen (secondary N) is 1. The number of rotatable bonds is 3. The van der Waals surface area contributed by atoms with E-state index in [0.29, 0.717) is 0 Å². The van der Waals surface area contributed by atoms with E-state index in [1.165, 1.54) is 50.8 Å². The molecule has 98 valence electrons. The third-order valence-electron chi connectivity index (χ3n) is 3.62. The number of nitrogens with two attached hydrogens (primary N) is 1. The molecular formula is C15H23N3. The van der Waals surface area contributed by atoms with E-state index in [0.717, 1.165) is 12.1 Å². The molecule has 0 amide bonds. The van der Waals surface area contributed by atoms with Gasteiger partial charge in [-0.1, -0.05) is 43.5 Å². The molecule has 3 nitrogen and oxygen atoms in total. The molecule has 1 heterocycles. The molecule has 18 heavy (non-hydrogen) atoms. The van der Waals surface area contributed by atoms with Gasteiger partial charge in [-0.3, -0.25) is 10.3 Å². The molecule has 0 atom stereocenters. The van der Waals surface area contributed by atoms with Crippen LogP contribution in [0.25, 0.3) is 0 Å². The van der Waals surface area contributed by atoms with E-state index >= 15 is 0 Å². The monoisotopic (exact) mass is 245 g/mol. The lowest BCUT2D eigenvalue weighted by atomic mass is 10.1. The van der Waals surface area contributed by atoms with Crippen LogP contribution in [0.15, 0.2) is 24.3 Å². The summed E-state index contributed by atoms with van der Waals surface area (Å²) in [7, 11) is 0. The first-order chi connectivity index (χ1) is 8.75. The Kier molecular flexibility index (Phi) is 4.76. The van der Waals surface area contributed by atoms with Gasteiger partial charge in [0.05, 0.1) is 0 Å². The van der Waals surface area contributed by atoms with Crippen molar-refractivity contribution in [3.63, 3.8) is 0 Å². The maximum atomic E-state index is 7.38. The highest BCUT2D eigenvalue weighted by molar-refractivity contribution is 5.94. The summed E-state index contributed by atoms with van der Waals surface area (Å²) in [6, 6.07) is 8.08. The zero-order chi connectivity index (χ0) is 12.8. The van der Waals surface area contributed by atoms with Crippen LogP contribution in [0.5, 0.6) is 0 Å². The molecule has 0 spiro atoms. The zero-order valence-corrected chi connectivity index (χ0v) is 11.0. The van der Waals surface area contributed by atoms with Gasteiger partial charge in [0.1, 0.15) is 5.84 Å². The molecule has 0 aliphatic carbocycles. The number of amidine groups is 1. The second-order valence-corrected chi connectivity index (χ2v) is 5.15. The number of benzene rings is 1. The smallest absolute Gasteiger partial charge is 0.122 e. The average molecular weight is 245 g/mol. The van der Waals surface area contributed by atoms with Gasteiger partial charge in [-0.2, -0.15) is 0 Å². The van der Waals surface area contributed by atoms with E-state index < -0.39 is 0 Å². The van der Waals surface area contributed by atoms with Gasteiger partial charge < -0.3 is 5.73 Å². The van der Waals surface area contributed by atoms with Crippen molar-refractivity contribution in [2.45, 2.75) is 38.6 Å². The fourth-order valence-electron chi connectivity index (χ4n) is 2.52. The number of nitrogen functional groups attached to an aromatic ring is 1. The molecule has 0 unspecified atom stereocenters. The molecule has 3 N–H and O–H groups in total. The maximum absolute atomic E-state index is 7.38. The summed E-state index contributed by atoms with van der Waals surface area (Å²) in [6.07, 6.45) is 6.80. The molecule has 0 aromatic heterocycles. The minimum absolute atomic E-state index is 0.146. The Morgan fingerprint density at radius 3 is 2.11 bits per heavy atom. The van der Waals surface area contributed by atoms with E-state index in [9.17, 15) is 0 Å². The Balaban J connectivity index is 1.92. The van der Waals surface area contributed by atoms with Crippen molar-refractivity contribution in [1.82, 2.24) is 4.90 Å². The van der Waals surface area contributed by atoms with E-state index in [4.69, 9.17) is 11.1 Å². The first-order valence-corrected chi connectivity index (χ1v) is 6.91. The lowest BCUT2D eigenvalue weighted by Gasteiger charge is -2.24. The third-order valence-corrected chi connectivity index (χ3v) is 3.62. The number of likely N-dealkylation sites (tertiary alicyclic amines) is 1. The van der Waals surface area contributed by atoms with Crippen LogP contribution in [-0.2, 0) is 6.54 Å². The molecule has 1 fully saturated rings. The van der Waals surface area contributed by atoms with Gasteiger partial charge in [0, 0.05) is 12.1 Å². The van der Waals surface area contributed by atoms with Crippen LogP contribution in [0.4, 0.5) is 0 Å². The van der Waals surface area contributed by atoms with Crippen LogP contribution < -0.4 is 5.73 Å². The Labute approximate surface area is 109 Å². The van der Waals surface area contributed by atoms with Gasteiger partial charge >= 0.3 is 0 Å². The van der Waals surface area contributed by atoms with Crippen LogP contribution in [0, 0.1) is 5.41 Å². The van der Waals surface area contributed by atoms with Crippen LogP contribution in [0.3, 0.4) is 0 Å². The fraction of sp³-hybridized carbons (Fsp3) is 0.533. The highest BCUT2D eigenvalue weighted by Crippen LogP contribution is 2.14. The maximum Gasteiger partial charge on any atom is 0.122 e. The average Bonchev–Trinajstić information content (AvgIpc) is 2.33. The van der Waals surface area contributed by atoms with Crippen molar-refractivity contribution in [3.8, 4) is 0 Å². The van der Waals surface area contributed by atoms with Gasteiger partial charge in [-0.25, -0.2) is 0 Å². The second-order valence-electron chi connectivity index (χ2n) is 5.15. The first kappa shape index (κ1) is 13.1. The van der Waals surface area contributed by atoms with Gasteiger partial charge in [0.25, 0.3) is 0 Å². The Bertz CT molecular complexity index is 375. The Hall–Kier alpha value is -1.35. The van der Waals surface area contributed by atoms with Gasteiger partial charge in [-0.15, -0.1) is 0 Å². The Morgan fingerprint density at radius 1 is 1.00 bits per heavy atom. The molecule has 1 aliphatic heterocycles. The van der Waals surface area contributed by atoms with Crippen molar-refractivity contribution in [2.24, 2.45) is 5.73 Å². The minimum atomic E-state index is 0.146. The van der Waals surface area contributed by atoms with Crippen molar-refractivity contribution in [2.75, 3.05) is 13.1 Å². The van der Waals surface area contributed by atoms with Crippen molar-refractivity contribution >= 4 is 5.84 Å². The summed E-state index contributed by atoms with van der Waals surface area (Å²) in [5, 5.41) is 7.38.